The van der Waals surface area contributed by atoms with Crippen molar-refractivity contribution in [3.05, 3.63) is 89.8 Å². The summed E-state index contributed by atoms with van der Waals surface area (Å²) >= 11 is 5.95. The first-order chi connectivity index (χ1) is 33.4. The normalized spacial score (nSPS) is 28.4. The number of allylic oxidation sites excluding steroid dienone is 1. The summed E-state index contributed by atoms with van der Waals surface area (Å²) < 4.78 is 54.2. The number of imidazole rings is 1. The molecule has 12 atom stereocenters. The van der Waals surface area contributed by atoms with Crippen LogP contribution in [-0.2, 0) is 41.6 Å². The van der Waals surface area contributed by atoms with Crippen molar-refractivity contribution in [2.45, 2.75) is 86.8 Å². The minimum Gasteiger partial charge on any atom is -0.851 e. The zero-order valence-electron chi connectivity index (χ0n) is 36.5. The van der Waals surface area contributed by atoms with Crippen molar-refractivity contribution in [1.82, 2.24) is 48.7 Å². The summed E-state index contributed by atoms with van der Waals surface area (Å²) in [7, 11) is -11.7. The zero-order chi connectivity index (χ0) is 49.6. The SMILES string of the molecule is NC(=O)C1=CN(C2OC(COP(=O)([O-])OP(=O)([O-])OCC3OC(n4cnc5c(N)ncnc54)C([O-])C3[O-])C(O)C2O)C=CC1n1cc2c(=S)n(C(C(=O)N3CCCCCC3)c3ccccc3)cnc2n1. The number of nitrogens with zero attached hydrogens (tertiary/aromatic N) is 10. The fraction of sp³-hybridized carbons (Fsp3) is 0.450. The van der Waals surface area contributed by atoms with E-state index in [1.165, 1.54) is 34.4 Å². The van der Waals surface area contributed by atoms with Gasteiger partial charge in [-0.15, -0.1) is 6.10 Å². The van der Waals surface area contributed by atoms with E-state index in [2.05, 4.69) is 38.4 Å². The number of ether oxygens (including phenoxy) is 2. The standard InChI is InChI=1S/C40H46N12O15P2S/c41-33-27-36(44-18-43-33)51(19-45-27)39-32(56)30(54)26(66-39)17-64-69(61,62)67-68(59,60)63-16-25-29(53)31(55)38(65-25)49-13-10-24(22(14-49)34(42)57)52-15-23-35(47-52)46-20-50(40(23)70)28(21-8-4-3-5-9-21)37(58)48-11-6-1-2-7-12-48/h3-5,8-10,13-15,18-20,24-26,28-32,38-39,53,55H,1-2,6-7,11-12,16-17H2,(H2,42,57)(H,59,60)(H,61,62)(H2,41,43,44)/q-2/p-2. The molecule has 0 aliphatic carbocycles. The Morgan fingerprint density at radius 3 is 2.29 bits per heavy atom. The highest BCUT2D eigenvalue weighted by Crippen LogP contribution is 2.56. The lowest BCUT2D eigenvalue weighted by atomic mass is 10.0. The minimum atomic E-state index is -5.84. The van der Waals surface area contributed by atoms with Crippen LogP contribution < -0.4 is 31.5 Å². The van der Waals surface area contributed by atoms with E-state index in [0.717, 1.165) is 42.9 Å². The number of carbonyl (C=O) groups is 2. The molecule has 30 heteroatoms. The van der Waals surface area contributed by atoms with Gasteiger partial charge in [0.25, 0.3) is 15.6 Å². The number of aromatic nitrogens is 8. The quantitative estimate of drug-likeness (QED) is 0.0645. The predicted octanol–water partition coefficient (Wildman–Crippen LogP) is -2.10. The van der Waals surface area contributed by atoms with Crippen LogP contribution in [0, 0.1) is 4.64 Å². The molecule has 70 heavy (non-hydrogen) atoms. The van der Waals surface area contributed by atoms with Crippen LogP contribution in [0.5, 0.6) is 0 Å². The highest BCUT2D eigenvalue weighted by Gasteiger charge is 2.46. The first kappa shape index (κ1) is 49.6. The number of aliphatic hydroxyl groups is 2. The number of likely N-dealkylation sites (tertiary alicyclic amines) is 1. The van der Waals surface area contributed by atoms with E-state index in [4.69, 9.17) is 33.2 Å². The van der Waals surface area contributed by atoms with Gasteiger partial charge in [-0.2, -0.15) is 5.10 Å². The molecule has 6 N–H and O–H groups in total. The van der Waals surface area contributed by atoms with Gasteiger partial charge >= 0.3 is 0 Å². The Balaban J connectivity index is 0.838. The maximum atomic E-state index is 14.2. The molecule has 4 aliphatic heterocycles. The molecule has 27 nitrogen and oxygen atoms in total. The van der Waals surface area contributed by atoms with Crippen LogP contribution in [0.3, 0.4) is 0 Å². The van der Waals surface area contributed by atoms with Crippen molar-refractivity contribution in [1.29, 1.82) is 0 Å². The number of fused-ring (bicyclic) bond motifs is 2. The summed E-state index contributed by atoms with van der Waals surface area (Å²) in [5.41, 5.74) is 12.6. The second kappa shape index (κ2) is 20.0. The molecule has 3 saturated heterocycles. The van der Waals surface area contributed by atoms with E-state index < -0.39 is 95.9 Å². The zero-order valence-corrected chi connectivity index (χ0v) is 39.1. The Labute approximate surface area is 401 Å². The van der Waals surface area contributed by atoms with Gasteiger partial charge in [-0.1, -0.05) is 61.5 Å². The molecule has 0 radical (unpaired) electrons. The number of phosphoric ester groups is 2. The molecular weight excluding hydrogens is 983 g/mol. The number of nitrogen functional groups attached to an aromatic ring is 1. The average Bonchev–Trinajstić information content (AvgIpc) is 4.04. The van der Waals surface area contributed by atoms with Gasteiger partial charge in [0.05, 0.1) is 42.9 Å². The molecule has 9 rings (SSSR count). The Morgan fingerprint density at radius 1 is 0.900 bits per heavy atom. The third kappa shape index (κ3) is 9.93. The average molecular weight is 1030 g/mol. The number of hydrogen-bond acceptors (Lipinski definition) is 23. The lowest BCUT2D eigenvalue weighted by Crippen LogP contribution is -2.51. The van der Waals surface area contributed by atoms with Crippen LogP contribution in [0.1, 0.15) is 49.6 Å². The van der Waals surface area contributed by atoms with Crippen LogP contribution in [-0.4, -0.2) is 140 Å². The first-order valence-corrected chi connectivity index (χ1v) is 25.1. The monoisotopic (exact) mass is 1030 g/mol. The summed E-state index contributed by atoms with van der Waals surface area (Å²) in [5, 5.41) is 52.4. The Kier molecular flexibility index (Phi) is 14.2. The third-order valence-electron chi connectivity index (χ3n) is 12.2. The molecule has 3 fully saturated rings. The number of aliphatic hydroxyl groups excluding tert-OH is 2. The predicted molar refractivity (Wildman–Crippen MR) is 233 cm³/mol. The molecule has 2 amide bonds. The lowest BCUT2D eigenvalue weighted by Gasteiger charge is -2.35. The van der Waals surface area contributed by atoms with Crippen LogP contribution in [0.25, 0.3) is 22.2 Å². The maximum absolute atomic E-state index is 14.2. The fourth-order valence-corrected chi connectivity index (χ4v) is 11.0. The Morgan fingerprint density at radius 2 is 1.59 bits per heavy atom. The summed E-state index contributed by atoms with van der Waals surface area (Å²) in [6, 6.07) is 7.45. The van der Waals surface area contributed by atoms with Crippen molar-refractivity contribution in [3.63, 3.8) is 0 Å². The van der Waals surface area contributed by atoms with E-state index in [1.54, 1.807) is 10.8 Å². The lowest BCUT2D eigenvalue weighted by molar-refractivity contribution is -0.527. The summed E-state index contributed by atoms with van der Waals surface area (Å²) in [6.07, 6.45) is -0.887. The van der Waals surface area contributed by atoms with Gasteiger partial charge in [-0.25, -0.2) is 24.2 Å². The summed E-state index contributed by atoms with van der Waals surface area (Å²) in [6.45, 7) is -0.984. The molecule has 0 bridgehead atoms. The number of anilines is 1. The van der Waals surface area contributed by atoms with Crippen molar-refractivity contribution >= 4 is 67.7 Å². The molecule has 5 aromatic rings. The molecule has 0 saturated carbocycles. The molecule has 4 aliphatic rings. The number of amides is 2. The number of hydrogen-bond donors (Lipinski definition) is 4. The van der Waals surface area contributed by atoms with Crippen LogP contribution in [0.4, 0.5) is 5.82 Å². The molecule has 12 unspecified atom stereocenters. The second-order valence-corrected chi connectivity index (χ2v) is 20.1. The highest BCUT2D eigenvalue weighted by molar-refractivity contribution is 7.71. The van der Waals surface area contributed by atoms with Crippen molar-refractivity contribution < 1.29 is 71.8 Å². The fourth-order valence-electron chi connectivity index (χ4n) is 8.68. The van der Waals surface area contributed by atoms with Gasteiger partial charge in [0.1, 0.15) is 53.1 Å². The minimum absolute atomic E-state index is 0.0152. The molecular formula is C40H44N12O15P2S-4. The third-order valence-corrected chi connectivity index (χ3v) is 15.2. The maximum Gasteiger partial charge on any atom is 0.274 e. The topological polar surface area (TPSA) is 385 Å². The summed E-state index contributed by atoms with van der Waals surface area (Å²) in [4.78, 5) is 71.7. The van der Waals surface area contributed by atoms with E-state index in [1.807, 2.05) is 35.2 Å². The molecule has 8 heterocycles. The second-order valence-electron chi connectivity index (χ2n) is 16.7. The molecule has 374 valence electrons. The molecule has 1 aromatic carbocycles. The number of nitrogens with two attached hydrogens (primary N) is 2. The van der Waals surface area contributed by atoms with Crippen LogP contribution in [0.2, 0.25) is 0 Å². The van der Waals surface area contributed by atoms with Crippen LogP contribution >= 0.6 is 27.9 Å². The van der Waals surface area contributed by atoms with E-state index in [0.29, 0.717) is 24.0 Å². The Hall–Kier alpha value is -5.42. The van der Waals surface area contributed by atoms with Crippen LogP contribution in [0.15, 0.2) is 79.6 Å². The van der Waals surface area contributed by atoms with Gasteiger partial charge in [-0.3, -0.25) is 28.0 Å². The van der Waals surface area contributed by atoms with Gasteiger partial charge in [-0.05, 0) is 24.5 Å². The number of rotatable bonds is 15. The van der Waals surface area contributed by atoms with E-state index in [9.17, 15) is 48.9 Å². The molecule has 0 spiro atoms. The summed E-state index contributed by atoms with van der Waals surface area (Å²) in [5.74, 6) is -1.05. The number of carbonyl (C=O) groups excluding carboxylic acids is 2. The Bertz CT molecular complexity index is 2990. The smallest absolute Gasteiger partial charge is 0.274 e. The number of primary amides is 1. The van der Waals surface area contributed by atoms with Gasteiger partial charge in [0, 0.05) is 31.7 Å². The van der Waals surface area contributed by atoms with Crippen molar-refractivity contribution in [2.24, 2.45) is 5.73 Å². The van der Waals surface area contributed by atoms with Crippen molar-refractivity contribution in [3.8, 4) is 0 Å². The van der Waals surface area contributed by atoms with Gasteiger partial charge in [0.15, 0.2) is 23.3 Å². The number of benzene rings is 1. The highest BCUT2D eigenvalue weighted by atomic mass is 32.1. The van der Waals surface area contributed by atoms with Crippen molar-refractivity contribution in [2.75, 3.05) is 32.0 Å². The number of phosphoric acid groups is 2. The van der Waals surface area contributed by atoms with Gasteiger partial charge < -0.3 is 74.6 Å². The van der Waals surface area contributed by atoms with E-state index in [-0.39, 0.29) is 38.7 Å². The van der Waals surface area contributed by atoms with Gasteiger partial charge in [0.2, 0.25) is 11.8 Å². The van der Waals surface area contributed by atoms with E-state index >= 15 is 0 Å². The molecule has 4 aromatic heterocycles. The largest absolute Gasteiger partial charge is 0.851 e. The first-order valence-electron chi connectivity index (χ1n) is 21.7.